The Morgan fingerprint density at radius 1 is 1.33 bits per heavy atom. The normalized spacial score (nSPS) is 8.83. The number of carboxylic acids is 1. The average Bonchev–Trinajstić information content (AvgIpc) is 1.94. The molecule has 0 amide bonds. The first-order valence-electron chi connectivity index (χ1n) is 3.42. The highest BCUT2D eigenvalue weighted by Crippen LogP contribution is 2.09. The number of carboxylic acid groups (broad SMARTS) is 1. The molecule has 12 heavy (non-hydrogen) atoms. The number of halogens is 1. The van der Waals surface area contributed by atoms with Gasteiger partial charge in [-0.15, -0.1) is 17.0 Å². The number of rotatable bonds is 1. The van der Waals surface area contributed by atoms with E-state index in [9.17, 15) is 4.79 Å². The molecule has 0 spiro atoms. The molecule has 0 radical (unpaired) electrons. The summed E-state index contributed by atoms with van der Waals surface area (Å²) >= 11 is 0. The highest BCUT2D eigenvalue weighted by atomic mass is 79.9. The molecule has 0 atom stereocenters. The van der Waals surface area contributed by atoms with Crippen LogP contribution in [0.2, 0.25) is 0 Å². The molecule has 0 aliphatic carbocycles. The quantitative estimate of drug-likeness (QED) is 0.806. The first kappa shape index (κ1) is 11.2. The number of carbonyl (C=O) groups is 1. The van der Waals surface area contributed by atoms with Gasteiger partial charge in [-0.2, -0.15) is 0 Å². The summed E-state index contributed by atoms with van der Waals surface area (Å²) in [5.74, 6) is -0.855. The Bertz CT molecular complexity index is 295. The lowest BCUT2D eigenvalue weighted by atomic mass is 10.1. The minimum Gasteiger partial charge on any atom is -0.478 e. The van der Waals surface area contributed by atoms with Gasteiger partial charge < -0.3 is 5.11 Å². The van der Waals surface area contributed by atoms with E-state index in [4.69, 9.17) is 5.11 Å². The van der Waals surface area contributed by atoms with E-state index in [2.05, 4.69) is 0 Å². The van der Waals surface area contributed by atoms with Crippen LogP contribution in [0.3, 0.4) is 0 Å². The highest BCUT2D eigenvalue weighted by molar-refractivity contribution is 8.93. The lowest BCUT2D eigenvalue weighted by Crippen LogP contribution is -1.99. The molecule has 0 saturated carbocycles. The highest BCUT2D eigenvalue weighted by Gasteiger charge is 2.05. The van der Waals surface area contributed by atoms with Crippen LogP contribution in [-0.2, 0) is 0 Å². The summed E-state index contributed by atoms with van der Waals surface area (Å²) in [5.41, 5.74) is 2.18. The summed E-state index contributed by atoms with van der Waals surface area (Å²) in [4.78, 5) is 10.6. The Kier molecular flexibility index (Phi) is 3.96. The smallest absolute Gasteiger partial charge is 0.335 e. The van der Waals surface area contributed by atoms with E-state index in [0.29, 0.717) is 5.56 Å². The van der Waals surface area contributed by atoms with E-state index in [1.165, 1.54) is 0 Å². The fourth-order valence-corrected chi connectivity index (χ4v) is 0.966. The molecule has 3 heteroatoms. The zero-order valence-electron chi connectivity index (χ0n) is 7.00. The van der Waals surface area contributed by atoms with Crippen molar-refractivity contribution in [2.75, 3.05) is 0 Å². The van der Waals surface area contributed by atoms with Gasteiger partial charge in [-0.1, -0.05) is 17.7 Å². The molecule has 1 aromatic carbocycles. The van der Waals surface area contributed by atoms with Crippen LogP contribution in [0, 0.1) is 13.8 Å². The van der Waals surface area contributed by atoms with Crippen LogP contribution in [0.25, 0.3) is 0 Å². The maximum Gasteiger partial charge on any atom is 0.335 e. The van der Waals surface area contributed by atoms with E-state index in [1.807, 2.05) is 19.1 Å². The minimum atomic E-state index is -0.855. The van der Waals surface area contributed by atoms with Crippen molar-refractivity contribution in [2.45, 2.75) is 13.8 Å². The lowest BCUT2D eigenvalue weighted by Gasteiger charge is -2.00. The Morgan fingerprint density at radius 3 is 2.33 bits per heavy atom. The van der Waals surface area contributed by atoms with Crippen molar-refractivity contribution in [3.63, 3.8) is 0 Å². The number of aromatic carboxylic acids is 1. The predicted molar refractivity (Wildman–Crippen MR) is 53.2 cm³/mol. The van der Waals surface area contributed by atoms with Crippen molar-refractivity contribution in [3.8, 4) is 0 Å². The summed E-state index contributed by atoms with van der Waals surface area (Å²) in [6, 6.07) is 5.40. The zero-order chi connectivity index (χ0) is 8.43. The van der Waals surface area contributed by atoms with Crippen LogP contribution in [0.5, 0.6) is 0 Å². The van der Waals surface area contributed by atoms with E-state index in [1.54, 1.807) is 13.0 Å². The molecular weight excluding hydrogens is 220 g/mol. The Labute approximate surface area is 82.0 Å². The molecule has 0 fully saturated rings. The molecule has 0 aliphatic heterocycles. The van der Waals surface area contributed by atoms with Crippen molar-refractivity contribution in [3.05, 3.63) is 34.9 Å². The monoisotopic (exact) mass is 230 g/mol. The van der Waals surface area contributed by atoms with Crippen LogP contribution in [0.15, 0.2) is 18.2 Å². The van der Waals surface area contributed by atoms with Gasteiger partial charge in [-0.25, -0.2) is 4.79 Å². The van der Waals surface area contributed by atoms with E-state index in [0.717, 1.165) is 11.1 Å². The van der Waals surface area contributed by atoms with Gasteiger partial charge in [0, 0.05) is 0 Å². The lowest BCUT2D eigenvalue weighted by molar-refractivity contribution is 0.0696. The molecule has 1 rings (SSSR count). The second-order valence-electron chi connectivity index (χ2n) is 2.62. The van der Waals surface area contributed by atoms with Gasteiger partial charge in [0.1, 0.15) is 0 Å². The Balaban J connectivity index is 0.00000121. The van der Waals surface area contributed by atoms with Crippen molar-refractivity contribution in [1.29, 1.82) is 0 Å². The molecular formula is C9H11BrO2. The van der Waals surface area contributed by atoms with Crippen LogP contribution in [0.4, 0.5) is 0 Å². The van der Waals surface area contributed by atoms with E-state index in [-0.39, 0.29) is 17.0 Å². The zero-order valence-corrected chi connectivity index (χ0v) is 8.71. The molecule has 1 N–H and O–H groups in total. The van der Waals surface area contributed by atoms with E-state index < -0.39 is 5.97 Å². The van der Waals surface area contributed by atoms with Gasteiger partial charge in [0.05, 0.1) is 5.56 Å². The van der Waals surface area contributed by atoms with Crippen LogP contribution < -0.4 is 0 Å². The third-order valence-electron chi connectivity index (χ3n) is 1.62. The molecule has 0 saturated heterocycles. The van der Waals surface area contributed by atoms with Gasteiger partial charge in [0.2, 0.25) is 0 Å². The first-order chi connectivity index (χ1) is 5.11. The summed E-state index contributed by atoms with van der Waals surface area (Å²) in [7, 11) is 0. The van der Waals surface area contributed by atoms with Crippen LogP contribution in [-0.4, -0.2) is 11.1 Å². The average molecular weight is 231 g/mol. The van der Waals surface area contributed by atoms with Crippen LogP contribution >= 0.6 is 17.0 Å². The molecule has 0 heterocycles. The van der Waals surface area contributed by atoms with Crippen molar-refractivity contribution in [2.24, 2.45) is 0 Å². The molecule has 0 aromatic heterocycles. The SMILES string of the molecule is Br.Cc1ccc(C)c(C(=O)O)c1. The fourth-order valence-electron chi connectivity index (χ4n) is 0.966. The van der Waals surface area contributed by atoms with Crippen LogP contribution in [0.1, 0.15) is 21.5 Å². The van der Waals surface area contributed by atoms with Gasteiger partial charge in [-0.05, 0) is 25.5 Å². The van der Waals surface area contributed by atoms with Gasteiger partial charge >= 0.3 is 5.97 Å². The van der Waals surface area contributed by atoms with Gasteiger partial charge in [-0.3, -0.25) is 0 Å². The number of aryl methyl sites for hydroxylation is 2. The third kappa shape index (κ3) is 2.34. The largest absolute Gasteiger partial charge is 0.478 e. The number of hydrogen-bond acceptors (Lipinski definition) is 1. The molecule has 66 valence electrons. The third-order valence-corrected chi connectivity index (χ3v) is 1.62. The Morgan fingerprint density at radius 2 is 1.92 bits per heavy atom. The molecule has 0 bridgehead atoms. The maximum absolute atomic E-state index is 10.6. The van der Waals surface area contributed by atoms with Crippen molar-refractivity contribution in [1.82, 2.24) is 0 Å². The fraction of sp³-hybridized carbons (Fsp3) is 0.222. The summed E-state index contributed by atoms with van der Waals surface area (Å²) in [5, 5.41) is 8.69. The predicted octanol–water partition coefficient (Wildman–Crippen LogP) is 2.58. The topological polar surface area (TPSA) is 37.3 Å². The standard InChI is InChI=1S/C9H10O2.BrH/c1-6-3-4-7(2)8(5-6)9(10)11;/h3-5H,1-2H3,(H,10,11);1H. The second-order valence-corrected chi connectivity index (χ2v) is 2.62. The molecule has 0 aliphatic rings. The van der Waals surface area contributed by atoms with Gasteiger partial charge in [0.15, 0.2) is 0 Å². The van der Waals surface area contributed by atoms with Gasteiger partial charge in [0.25, 0.3) is 0 Å². The summed E-state index contributed by atoms with van der Waals surface area (Å²) in [6.07, 6.45) is 0. The second kappa shape index (κ2) is 4.26. The first-order valence-corrected chi connectivity index (χ1v) is 3.42. The molecule has 1 aromatic rings. The van der Waals surface area contributed by atoms with Crippen molar-refractivity contribution < 1.29 is 9.90 Å². The molecule has 2 nitrogen and oxygen atoms in total. The van der Waals surface area contributed by atoms with Crippen molar-refractivity contribution >= 4 is 23.0 Å². The number of hydrogen-bond donors (Lipinski definition) is 1. The Hall–Kier alpha value is -0.830. The minimum absolute atomic E-state index is 0. The number of benzene rings is 1. The molecule has 0 unspecified atom stereocenters. The maximum atomic E-state index is 10.6. The van der Waals surface area contributed by atoms with E-state index >= 15 is 0 Å². The summed E-state index contributed by atoms with van der Waals surface area (Å²) in [6.45, 7) is 3.68. The summed E-state index contributed by atoms with van der Waals surface area (Å²) < 4.78 is 0.